The Bertz CT molecular complexity index is 1830. The van der Waals surface area contributed by atoms with Crippen LogP contribution in [0.4, 0.5) is 18.0 Å². The van der Waals surface area contributed by atoms with Crippen LogP contribution in [0.1, 0.15) is 36.7 Å². The maximum Gasteiger partial charge on any atom is 0.418 e. The predicted octanol–water partition coefficient (Wildman–Crippen LogP) is 4.84. The molecule has 1 fully saturated rings. The van der Waals surface area contributed by atoms with Gasteiger partial charge in [0.05, 0.1) is 35.9 Å². The Kier molecular flexibility index (Phi) is 9.44. The molecule has 0 unspecified atom stereocenters. The Morgan fingerprint density at radius 2 is 1.64 bits per heavy atom. The van der Waals surface area contributed by atoms with Crippen LogP contribution in [-0.4, -0.2) is 60.0 Å². The molecular weight excluding hydrogens is 611 g/mol. The molecule has 1 aromatic heterocycles. The molecule has 238 valence electrons. The smallest absolute Gasteiger partial charge is 0.378 e. The fraction of sp³-hybridized carbons (Fsp3) is 0.323. The van der Waals surface area contributed by atoms with E-state index >= 15 is 0 Å². The highest BCUT2D eigenvalue weighted by atomic mass is 32.2. The summed E-state index contributed by atoms with van der Waals surface area (Å²) in [6.07, 6.45) is -2.80. The van der Waals surface area contributed by atoms with Crippen LogP contribution in [0.25, 0.3) is 16.8 Å². The van der Waals surface area contributed by atoms with Gasteiger partial charge in [-0.1, -0.05) is 67.9 Å². The lowest BCUT2D eigenvalue weighted by molar-refractivity contribution is -0.137. The van der Waals surface area contributed by atoms with Gasteiger partial charge < -0.3 is 9.64 Å². The fourth-order valence-corrected chi connectivity index (χ4v) is 6.29. The molecule has 5 rings (SSSR count). The van der Waals surface area contributed by atoms with Gasteiger partial charge in [-0.05, 0) is 35.7 Å². The van der Waals surface area contributed by atoms with Crippen LogP contribution in [0, 0.1) is 0 Å². The Labute approximate surface area is 258 Å². The van der Waals surface area contributed by atoms with Gasteiger partial charge in [-0.3, -0.25) is 4.57 Å². The molecule has 0 radical (unpaired) electrons. The third kappa shape index (κ3) is 7.12. The number of alkyl halides is 3. The molecule has 0 spiro atoms. The molecule has 1 aliphatic rings. The number of sulfonamides is 1. The molecule has 1 aliphatic heterocycles. The number of unbranched alkanes of at least 4 members (excludes halogenated alkanes) is 1. The van der Waals surface area contributed by atoms with Crippen molar-refractivity contribution in [1.29, 1.82) is 0 Å². The Morgan fingerprint density at radius 1 is 0.978 bits per heavy atom. The third-order valence-corrected chi connectivity index (χ3v) is 8.81. The van der Waals surface area contributed by atoms with Crippen molar-refractivity contribution in [3.05, 3.63) is 100 Å². The van der Waals surface area contributed by atoms with Crippen molar-refractivity contribution in [1.82, 2.24) is 24.0 Å². The zero-order valence-corrected chi connectivity index (χ0v) is 25.3. The molecular formula is C31H32F3N5O5S. The van der Waals surface area contributed by atoms with Gasteiger partial charge in [0.15, 0.2) is 0 Å². The van der Waals surface area contributed by atoms with E-state index in [9.17, 15) is 31.2 Å². The van der Waals surface area contributed by atoms with Crippen LogP contribution in [0.3, 0.4) is 0 Å². The second-order valence-electron chi connectivity index (χ2n) is 10.5. The molecule has 0 atom stereocenters. The van der Waals surface area contributed by atoms with E-state index in [2.05, 4.69) is 9.82 Å². The van der Waals surface area contributed by atoms with E-state index in [0.717, 1.165) is 17.2 Å². The third-order valence-electron chi connectivity index (χ3n) is 7.43. The van der Waals surface area contributed by atoms with E-state index in [0.29, 0.717) is 48.6 Å². The minimum atomic E-state index is -4.67. The lowest BCUT2D eigenvalue weighted by Gasteiger charge is -2.26. The zero-order chi connectivity index (χ0) is 32.2. The number of benzene rings is 3. The van der Waals surface area contributed by atoms with Crippen LogP contribution in [0.15, 0.2) is 82.5 Å². The highest BCUT2D eigenvalue weighted by molar-refractivity contribution is 7.90. The number of aromatic nitrogens is 3. The average molecular weight is 644 g/mol. The van der Waals surface area contributed by atoms with Crippen LogP contribution >= 0.6 is 0 Å². The van der Waals surface area contributed by atoms with Gasteiger partial charge in [0.25, 0.3) is 10.0 Å². The van der Waals surface area contributed by atoms with Crippen LogP contribution < -0.4 is 10.4 Å². The SMILES string of the molecule is CCCCc1nn(-c2ccccc2C(F)(F)F)c(=O)n1Cc1ccc(-c2ccccc2S(=O)(=O)NC(=O)N2CCOCC2)cc1. The van der Waals surface area contributed by atoms with Crippen LogP contribution in [-0.2, 0) is 33.9 Å². The molecule has 0 aliphatic carbocycles. The number of nitrogens with one attached hydrogen (secondary N) is 1. The summed E-state index contributed by atoms with van der Waals surface area (Å²) in [7, 11) is -4.22. The molecule has 4 aromatic rings. The first kappa shape index (κ1) is 32.0. The van der Waals surface area contributed by atoms with Gasteiger partial charge in [-0.15, -0.1) is 5.10 Å². The Morgan fingerprint density at radius 3 is 2.33 bits per heavy atom. The van der Waals surface area contributed by atoms with Gasteiger partial charge in [-0.2, -0.15) is 17.9 Å². The number of hydrogen-bond acceptors (Lipinski definition) is 6. The standard InChI is InChI=1S/C31H32F3N5O5S/c1-2-3-12-28-35-39(26-10-6-5-9-25(26)31(32,33)34)30(41)38(28)21-22-13-15-23(16-14-22)24-8-4-7-11-27(24)45(42,43)36-29(40)37-17-19-44-20-18-37/h4-11,13-16H,2-3,12,17-21H2,1H3,(H,36,40). The maximum atomic E-state index is 13.7. The van der Waals surface area contributed by atoms with Crippen LogP contribution in [0.5, 0.6) is 0 Å². The highest BCUT2D eigenvalue weighted by Gasteiger charge is 2.35. The number of ether oxygens (including phenoxy) is 1. The average Bonchev–Trinajstić information content (AvgIpc) is 3.34. The number of para-hydroxylation sites is 1. The number of hydrogen-bond donors (Lipinski definition) is 1. The van der Waals surface area contributed by atoms with Gasteiger partial charge in [0.2, 0.25) is 0 Å². The Hall–Kier alpha value is -4.43. The van der Waals surface area contributed by atoms with E-state index in [1.165, 1.54) is 33.7 Å². The number of carbonyl (C=O) groups excluding carboxylic acids is 1. The van der Waals surface area contributed by atoms with E-state index in [1.807, 2.05) is 6.92 Å². The van der Waals surface area contributed by atoms with Crippen molar-refractivity contribution in [2.45, 2.75) is 43.8 Å². The maximum absolute atomic E-state index is 13.7. The molecule has 0 saturated carbocycles. The minimum absolute atomic E-state index is 0.0435. The molecule has 10 nitrogen and oxygen atoms in total. The zero-order valence-electron chi connectivity index (χ0n) is 24.5. The molecule has 2 amide bonds. The number of aryl methyl sites for hydroxylation is 1. The summed E-state index contributed by atoms with van der Waals surface area (Å²) in [5.41, 5.74) is -0.439. The Balaban J connectivity index is 1.43. The summed E-state index contributed by atoms with van der Waals surface area (Å²) < 4.78 is 77.2. The molecule has 0 bridgehead atoms. The summed E-state index contributed by atoms with van der Waals surface area (Å²) in [5.74, 6) is 0.357. The number of nitrogens with zero attached hydrogens (tertiary/aromatic N) is 4. The van der Waals surface area contributed by atoms with Crippen molar-refractivity contribution < 1.29 is 31.1 Å². The van der Waals surface area contributed by atoms with Crippen LogP contribution in [0.2, 0.25) is 0 Å². The summed E-state index contributed by atoms with van der Waals surface area (Å²) in [6.45, 7) is 3.21. The number of carbonyl (C=O) groups is 1. The fourth-order valence-electron chi connectivity index (χ4n) is 5.08. The second kappa shape index (κ2) is 13.3. The van der Waals surface area contributed by atoms with Gasteiger partial charge in [0.1, 0.15) is 5.82 Å². The minimum Gasteiger partial charge on any atom is -0.378 e. The van der Waals surface area contributed by atoms with E-state index in [4.69, 9.17) is 4.74 Å². The summed E-state index contributed by atoms with van der Waals surface area (Å²) >= 11 is 0. The molecule has 45 heavy (non-hydrogen) atoms. The number of halogens is 3. The van der Waals surface area contributed by atoms with Crippen molar-refractivity contribution >= 4 is 16.1 Å². The van der Waals surface area contributed by atoms with Crippen molar-refractivity contribution in [2.75, 3.05) is 26.3 Å². The molecule has 3 aromatic carbocycles. The highest BCUT2D eigenvalue weighted by Crippen LogP contribution is 2.33. The van der Waals surface area contributed by atoms with Crippen molar-refractivity contribution in [2.24, 2.45) is 0 Å². The quantitative estimate of drug-likeness (QED) is 0.279. The first-order valence-corrected chi connectivity index (χ1v) is 15.9. The molecule has 2 heterocycles. The first-order valence-electron chi connectivity index (χ1n) is 14.4. The molecule has 1 N–H and O–H groups in total. The summed E-state index contributed by atoms with van der Waals surface area (Å²) in [5, 5.41) is 4.30. The summed E-state index contributed by atoms with van der Waals surface area (Å²) in [4.78, 5) is 27.4. The van der Waals surface area contributed by atoms with E-state index in [-0.39, 0.29) is 30.2 Å². The summed E-state index contributed by atoms with van der Waals surface area (Å²) in [6, 6.07) is 17.2. The number of amides is 2. The normalized spacial score (nSPS) is 14.0. The van der Waals surface area contributed by atoms with Gasteiger partial charge in [-0.25, -0.2) is 22.7 Å². The first-order chi connectivity index (χ1) is 21.5. The largest absolute Gasteiger partial charge is 0.418 e. The number of rotatable bonds is 9. The molecule has 14 heteroatoms. The van der Waals surface area contributed by atoms with Crippen molar-refractivity contribution in [3.8, 4) is 16.8 Å². The number of morpholine rings is 1. The monoisotopic (exact) mass is 643 g/mol. The van der Waals surface area contributed by atoms with Gasteiger partial charge in [0, 0.05) is 25.1 Å². The van der Waals surface area contributed by atoms with Gasteiger partial charge >= 0.3 is 17.9 Å². The lowest BCUT2D eigenvalue weighted by atomic mass is 10.0. The second-order valence-corrected chi connectivity index (χ2v) is 12.2. The topological polar surface area (TPSA) is 116 Å². The molecule has 1 saturated heterocycles. The predicted molar refractivity (Wildman–Crippen MR) is 161 cm³/mol. The lowest BCUT2D eigenvalue weighted by Crippen LogP contribution is -2.47. The van der Waals surface area contributed by atoms with E-state index in [1.54, 1.807) is 42.5 Å². The number of urea groups is 1. The van der Waals surface area contributed by atoms with Crippen molar-refractivity contribution in [3.63, 3.8) is 0 Å². The van der Waals surface area contributed by atoms with E-state index < -0.39 is 33.5 Å².